The Balaban J connectivity index is 1.52. The van der Waals surface area contributed by atoms with Crippen molar-refractivity contribution in [3.8, 4) is 5.75 Å². The zero-order valence-electron chi connectivity index (χ0n) is 20.7. The molecule has 3 aromatic rings. The average molecular weight is 514 g/mol. The second kappa shape index (κ2) is 11.2. The Morgan fingerprint density at radius 1 is 1.00 bits per heavy atom. The van der Waals surface area contributed by atoms with Gasteiger partial charge in [0.05, 0.1) is 45.0 Å². The maximum Gasteiger partial charge on any atom is 0.325 e. The molecule has 11 heteroatoms. The van der Waals surface area contributed by atoms with Crippen LogP contribution in [0.3, 0.4) is 0 Å². The summed E-state index contributed by atoms with van der Waals surface area (Å²) in [5.74, 6) is 0.0206. The number of aromatic nitrogens is 3. The van der Waals surface area contributed by atoms with E-state index in [1.807, 2.05) is 60.4 Å². The zero-order valence-corrected chi connectivity index (χ0v) is 21.5. The first-order chi connectivity index (χ1) is 17.3. The van der Waals surface area contributed by atoms with E-state index in [2.05, 4.69) is 10.3 Å². The summed E-state index contributed by atoms with van der Waals surface area (Å²) in [6.07, 6.45) is 1.71. The molecular formula is C25H31N5O5S. The number of sulfonamides is 1. The topological polar surface area (TPSA) is 107 Å². The van der Waals surface area contributed by atoms with Gasteiger partial charge in [-0.2, -0.15) is 4.31 Å². The van der Waals surface area contributed by atoms with E-state index in [-0.39, 0.29) is 18.8 Å². The fraction of sp³-hybridized carbons (Fsp3) is 0.400. The van der Waals surface area contributed by atoms with Gasteiger partial charge >= 0.3 is 5.97 Å². The lowest BCUT2D eigenvalue weighted by atomic mass is 10.1. The van der Waals surface area contributed by atoms with Gasteiger partial charge < -0.3 is 9.47 Å². The van der Waals surface area contributed by atoms with E-state index < -0.39 is 22.0 Å². The Hall–Kier alpha value is -3.28. The number of hydrogen-bond donors (Lipinski definition) is 0. The summed E-state index contributed by atoms with van der Waals surface area (Å²) >= 11 is 0. The van der Waals surface area contributed by atoms with Crippen LogP contribution in [0.5, 0.6) is 5.75 Å². The van der Waals surface area contributed by atoms with Crippen molar-refractivity contribution in [2.24, 2.45) is 0 Å². The summed E-state index contributed by atoms with van der Waals surface area (Å²) in [7, 11) is -0.889. The molecular weight excluding hydrogens is 482 g/mol. The lowest BCUT2D eigenvalue weighted by Gasteiger charge is -2.28. The van der Waals surface area contributed by atoms with Crippen LogP contribution < -0.4 is 4.74 Å². The van der Waals surface area contributed by atoms with Crippen molar-refractivity contribution in [3.63, 3.8) is 0 Å². The number of benzene rings is 2. The molecule has 1 atom stereocenters. The van der Waals surface area contributed by atoms with E-state index in [1.165, 1.54) is 17.0 Å². The van der Waals surface area contributed by atoms with Crippen LogP contribution in [-0.4, -0.2) is 77.7 Å². The van der Waals surface area contributed by atoms with Crippen LogP contribution in [0.2, 0.25) is 0 Å². The van der Waals surface area contributed by atoms with Gasteiger partial charge in [0.1, 0.15) is 11.8 Å². The summed E-state index contributed by atoms with van der Waals surface area (Å²) in [6.45, 7) is 3.46. The van der Waals surface area contributed by atoms with Gasteiger partial charge in [-0.25, -0.2) is 13.1 Å². The minimum Gasteiger partial charge on any atom is -0.497 e. The second-order valence-electron chi connectivity index (χ2n) is 8.88. The van der Waals surface area contributed by atoms with Crippen LogP contribution in [-0.2, 0) is 39.2 Å². The number of methoxy groups -OCH3 is 2. The molecule has 0 N–H and O–H groups in total. The molecule has 0 saturated carbocycles. The highest BCUT2D eigenvalue weighted by Crippen LogP contribution is 2.21. The van der Waals surface area contributed by atoms with E-state index in [9.17, 15) is 13.2 Å². The molecule has 2 aromatic carbocycles. The first-order valence-corrected chi connectivity index (χ1v) is 13.3. The SMILES string of the molecule is COC(=O)C1CN(Cc2ccc(OC)cc2)CCS(=O)(=O)N1Cc1cn(Cc2ccc(C)cc2)nn1. The number of esters is 1. The fourth-order valence-corrected chi connectivity index (χ4v) is 5.77. The molecule has 1 fully saturated rings. The van der Waals surface area contributed by atoms with Gasteiger partial charge in [0.2, 0.25) is 10.0 Å². The summed E-state index contributed by atoms with van der Waals surface area (Å²) in [4.78, 5) is 14.7. The Kier molecular flexibility index (Phi) is 8.02. The molecule has 4 rings (SSSR count). The number of carbonyl (C=O) groups is 1. The molecule has 0 radical (unpaired) electrons. The third-order valence-corrected chi connectivity index (χ3v) is 8.01. The molecule has 0 aliphatic carbocycles. The van der Waals surface area contributed by atoms with E-state index in [0.717, 1.165) is 16.9 Å². The number of ether oxygens (including phenoxy) is 2. The Morgan fingerprint density at radius 3 is 2.33 bits per heavy atom. The van der Waals surface area contributed by atoms with Gasteiger partial charge in [0, 0.05) is 19.6 Å². The van der Waals surface area contributed by atoms with Crippen LogP contribution in [0.15, 0.2) is 54.7 Å². The quantitative estimate of drug-likeness (QED) is 0.420. The molecule has 2 heterocycles. The molecule has 1 aliphatic heterocycles. The van der Waals surface area contributed by atoms with Gasteiger partial charge in [-0.1, -0.05) is 47.2 Å². The van der Waals surface area contributed by atoms with Gasteiger partial charge in [-0.05, 0) is 30.2 Å². The maximum absolute atomic E-state index is 13.3. The molecule has 1 aliphatic rings. The van der Waals surface area contributed by atoms with Crippen molar-refractivity contribution in [2.45, 2.75) is 32.6 Å². The largest absolute Gasteiger partial charge is 0.497 e. The van der Waals surface area contributed by atoms with Gasteiger partial charge in [-0.15, -0.1) is 5.10 Å². The van der Waals surface area contributed by atoms with E-state index >= 15 is 0 Å². The third kappa shape index (κ3) is 6.28. The average Bonchev–Trinajstić information content (AvgIpc) is 3.27. The Morgan fingerprint density at radius 2 is 1.67 bits per heavy atom. The van der Waals surface area contributed by atoms with Crippen molar-refractivity contribution in [2.75, 3.05) is 33.1 Å². The molecule has 1 saturated heterocycles. The van der Waals surface area contributed by atoms with Crippen LogP contribution in [0, 0.1) is 6.92 Å². The fourth-order valence-electron chi connectivity index (χ4n) is 4.18. The molecule has 1 unspecified atom stereocenters. The van der Waals surface area contributed by atoms with Crippen molar-refractivity contribution >= 4 is 16.0 Å². The van der Waals surface area contributed by atoms with Crippen molar-refractivity contribution < 1.29 is 22.7 Å². The molecule has 0 spiro atoms. The van der Waals surface area contributed by atoms with E-state index in [0.29, 0.717) is 25.3 Å². The summed E-state index contributed by atoms with van der Waals surface area (Å²) < 4.78 is 39.6. The van der Waals surface area contributed by atoms with Gasteiger partial charge in [-0.3, -0.25) is 9.69 Å². The van der Waals surface area contributed by atoms with Gasteiger partial charge in [0.15, 0.2) is 0 Å². The highest BCUT2D eigenvalue weighted by molar-refractivity contribution is 7.89. The molecule has 10 nitrogen and oxygen atoms in total. The normalized spacial score (nSPS) is 18.5. The van der Waals surface area contributed by atoms with Crippen molar-refractivity contribution in [1.29, 1.82) is 0 Å². The first-order valence-electron chi connectivity index (χ1n) is 11.6. The molecule has 36 heavy (non-hydrogen) atoms. The summed E-state index contributed by atoms with van der Waals surface area (Å²) in [6, 6.07) is 14.6. The smallest absolute Gasteiger partial charge is 0.325 e. The van der Waals surface area contributed by atoms with E-state index in [4.69, 9.17) is 9.47 Å². The lowest BCUT2D eigenvalue weighted by Crippen LogP contribution is -2.48. The first kappa shape index (κ1) is 25.8. The number of carbonyl (C=O) groups excluding carboxylic acids is 1. The highest BCUT2D eigenvalue weighted by Gasteiger charge is 2.40. The monoisotopic (exact) mass is 513 g/mol. The third-order valence-electron chi connectivity index (χ3n) is 6.21. The van der Waals surface area contributed by atoms with Crippen LogP contribution >= 0.6 is 0 Å². The minimum atomic E-state index is -3.76. The summed E-state index contributed by atoms with van der Waals surface area (Å²) in [5, 5.41) is 8.33. The highest BCUT2D eigenvalue weighted by atomic mass is 32.2. The van der Waals surface area contributed by atoms with Crippen molar-refractivity contribution in [3.05, 3.63) is 77.1 Å². The Labute approximate surface area is 211 Å². The summed E-state index contributed by atoms with van der Waals surface area (Å²) in [5.41, 5.74) is 3.67. The number of nitrogens with zero attached hydrogens (tertiary/aromatic N) is 5. The second-order valence-corrected chi connectivity index (χ2v) is 10.9. The van der Waals surface area contributed by atoms with E-state index in [1.54, 1.807) is 18.0 Å². The molecule has 0 bridgehead atoms. The number of hydrogen-bond acceptors (Lipinski definition) is 8. The van der Waals surface area contributed by atoms with Crippen molar-refractivity contribution in [1.82, 2.24) is 24.2 Å². The van der Waals surface area contributed by atoms with Crippen LogP contribution in [0.1, 0.15) is 22.4 Å². The Bertz CT molecular complexity index is 1270. The molecule has 0 amide bonds. The maximum atomic E-state index is 13.3. The van der Waals surface area contributed by atoms with Crippen LogP contribution in [0.25, 0.3) is 0 Å². The minimum absolute atomic E-state index is 0.0631. The van der Waals surface area contributed by atoms with Gasteiger partial charge in [0.25, 0.3) is 0 Å². The number of rotatable bonds is 8. The predicted molar refractivity (Wildman–Crippen MR) is 134 cm³/mol. The number of aryl methyl sites for hydroxylation is 1. The molecule has 192 valence electrons. The predicted octanol–water partition coefficient (Wildman–Crippen LogP) is 1.83. The lowest BCUT2D eigenvalue weighted by molar-refractivity contribution is -0.145. The molecule has 1 aromatic heterocycles. The standard InChI is InChI=1S/C25H31N5O5S/c1-19-4-6-21(7-5-19)15-29-16-22(26-27-29)17-30-24(25(31)35-3)18-28(12-13-36(30,32)33)14-20-8-10-23(34-2)11-9-20/h4-11,16,24H,12-15,17-18H2,1-3H3. The van der Waals surface area contributed by atoms with Crippen LogP contribution in [0.4, 0.5) is 0 Å². The zero-order chi connectivity index (χ0) is 25.7.